The first-order chi connectivity index (χ1) is 14.2. The van der Waals surface area contributed by atoms with Gasteiger partial charge in [0.2, 0.25) is 0 Å². The summed E-state index contributed by atoms with van der Waals surface area (Å²) in [7, 11) is 0. The van der Waals surface area contributed by atoms with Gasteiger partial charge in [0.25, 0.3) is 0 Å². The zero-order valence-corrected chi connectivity index (χ0v) is 18.1. The van der Waals surface area contributed by atoms with Crippen molar-refractivity contribution in [3.63, 3.8) is 0 Å². The molecule has 3 nitrogen and oxygen atoms in total. The molecule has 0 fully saturated rings. The van der Waals surface area contributed by atoms with E-state index in [1.165, 1.54) is 6.07 Å². The van der Waals surface area contributed by atoms with Crippen LogP contribution in [0.15, 0.2) is 54.7 Å². The summed E-state index contributed by atoms with van der Waals surface area (Å²) in [5, 5.41) is 4.58. The topological polar surface area (TPSA) is 20.2 Å². The Hall–Kier alpha value is -2.54. The van der Waals surface area contributed by atoms with Crippen molar-refractivity contribution in [2.45, 2.75) is 52.5 Å². The molecule has 0 bridgehead atoms. The van der Waals surface area contributed by atoms with Crippen molar-refractivity contribution in [3.05, 3.63) is 65.9 Å². The molecule has 160 valence electrons. The van der Waals surface area contributed by atoms with Gasteiger partial charge in [-0.05, 0) is 62.3 Å². The first kappa shape index (κ1) is 22.2. The number of anilines is 1. The summed E-state index contributed by atoms with van der Waals surface area (Å²) in [5.74, 6) is 0. The van der Waals surface area contributed by atoms with Gasteiger partial charge in [0.15, 0.2) is 5.11 Å². The van der Waals surface area contributed by atoms with Gasteiger partial charge < -0.3 is 14.8 Å². The molecule has 3 rings (SSSR count). The number of rotatable bonds is 6. The Morgan fingerprint density at radius 1 is 1.13 bits per heavy atom. The summed E-state index contributed by atoms with van der Waals surface area (Å²) in [4.78, 5) is 2.04. The molecule has 3 aromatic rings. The van der Waals surface area contributed by atoms with Crippen LogP contribution in [0, 0.1) is 0 Å². The SMILES string of the molecule is CC[C@@H](C)N(Cc1cn(CC)c2ccccc12)C(=S)Nc1cccc(C(F)(F)F)c1. The Bertz CT molecular complexity index is 1030. The van der Waals surface area contributed by atoms with Crippen LogP contribution in [0.4, 0.5) is 18.9 Å². The Morgan fingerprint density at radius 2 is 1.87 bits per heavy atom. The highest BCUT2D eigenvalue weighted by Gasteiger charge is 2.30. The second-order valence-electron chi connectivity index (χ2n) is 7.35. The average Bonchev–Trinajstić information content (AvgIpc) is 3.08. The number of aryl methyl sites for hydroxylation is 1. The number of halogens is 3. The largest absolute Gasteiger partial charge is 0.416 e. The summed E-state index contributed by atoms with van der Waals surface area (Å²) >= 11 is 5.62. The van der Waals surface area contributed by atoms with Gasteiger partial charge in [-0.15, -0.1) is 0 Å². The highest BCUT2D eigenvalue weighted by molar-refractivity contribution is 7.80. The predicted octanol–water partition coefficient (Wildman–Crippen LogP) is 6.68. The van der Waals surface area contributed by atoms with E-state index < -0.39 is 11.7 Å². The number of hydrogen-bond donors (Lipinski definition) is 1. The molecule has 0 amide bonds. The zero-order valence-electron chi connectivity index (χ0n) is 17.3. The fraction of sp³-hybridized carbons (Fsp3) is 0.348. The van der Waals surface area contributed by atoms with Crippen LogP contribution in [0.5, 0.6) is 0 Å². The summed E-state index contributed by atoms with van der Waals surface area (Å²) in [6.07, 6.45) is -1.40. The van der Waals surface area contributed by atoms with Crippen molar-refractivity contribution in [2.24, 2.45) is 0 Å². The molecule has 0 aliphatic heterocycles. The second-order valence-corrected chi connectivity index (χ2v) is 7.74. The van der Waals surface area contributed by atoms with E-state index in [0.29, 0.717) is 17.3 Å². The maximum absolute atomic E-state index is 13.0. The van der Waals surface area contributed by atoms with E-state index in [2.05, 4.69) is 49.0 Å². The minimum Gasteiger partial charge on any atom is -0.347 e. The molecule has 2 aromatic carbocycles. The van der Waals surface area contributed by atoms with E-state index in [0.717, 1.165) is 41.6 Å². The van der Waals surface area contributed by atoms with Gasteiger partial charge in [0.1, 0.15) is 0 Å². The normalized spacial score (nSPS) is 12.7. The molecular weight excluding hydrogens is 407 g/mol. The number of para-hydroxylation sites is 1. The number of alkyl halides is 3. The molecule has 7 heteroatoms. The minimum absolute atomic E-state index is 0.125. The maximum Gasteiger partial charge on any atom is 0.416 e. The first-order valence-corrected chi connectivity index (χ1v) is 10.5. The Kier molecular flexibility index (Phi) is 6.71. The summed E-state index contributed by atoms with van der Waals surface area (Å²) in [6.45, 7) is 7.67. The summed E-state index contributed by atoms with van der Waals surface area (Å²) in [5.41, 5.74) is 1.94. The van der Waals surface area contributed by atoms with E-state index in [-0.39, 0.29) is 6.04 Å². The molecule has 0 unspecified atom stereocenters. The van der Waals surface area contributed by atoms with E-state index in [4.69, 9.17) is 12.2 Å². The smallest absolute Gasteiger partial charge is 0.347 e. The number of aromatic nitrogens is 1. The molecule has 30 heavy (non-hydrogen) atoms. The van der Waals surface area contributed by atoms with Gasteiger partial charge in [-0.1, -0.05) is 31.2 Å². The number of nitrogens with zero attached hydrogens (tertiary/aromatic N) is 2. The molecule has 1 heterocycles. The van der Waals surface area contributed by atoms with Crippen molar-refractivity contribution in [1.29, 1.82) is 0 Å². The fourth-order valence-electron chi connectivity index (χ4n) is 3.51. The average molecular weight is 434 g/mol. The second kappa shape index (κ2) is 9.08. The van der Waals surface area contributed by atoms with Crippen molar-refractivity contribution in [1.82, 2.24) is 9.47 Å². The van der Waals surface area contributed by atoms with Crippen LogP contribution in [0.25, 0.3) is 10.9 Å². The molecule has 0 radical (unpaired) electrons. The lowest BCUT2D eigenvalue weighted by molar-refractivity contribution is -0.137. The number of thiocarbonyl (C=S) groups is 1. The summed E-state index contributed by atoms with van der Waals surface area (Å²) < 4.78 is 41.3. The number of benzene rings is 2. The van der Waals surface area contributed by atoms with Gasteiger partial charge in [-0.25, -0.2) is 0 Å². The highest BCUT2D eigenvalue weighted by Crippen LogP contribution is 2.31. The van der Waals surface area contributed by atoms with Gasteiger partial charge in [-0.3, -0.25) is 0 Å². The molecule has 0 saturated heterocycles. The van der Waals surface area contributed by atoms with Gasteiger partial charge in [0, 0.05) is 41.9 Å². The molecule has 0 aliphatic rings. The molecule has 0 aliphatic carbocycles. The van der Waals surface area contributed by atoms with Crippen LogP contribution >= 0.6 is 12.2 Å². The number of hydrogen-bond acceptors (Lipinski definition) is 1. The Morgan fingerprint density at radius 3 is 2.53 bits per heavy atom. The lowest BCUT2D eigenvalue weighted by Gasteiger charge is -2.31. The highest BCUT2D eigenvalue weighted by atomic mass is 32.1. The van der Waals surface area contributed by atoms with E-state index in [9.17, 15) is 13.2 Å². The molecule has 1 N–H and O–H groups in total. The third-order valence-corrected chi connectivity index (χ3v) is 5.71. The third kappa shape index (κ3) is 4.78. The first-order valence-electron chi connectivity index (χ1n) is 10.1. The van der Waals surface area contributed by atoms with Crippen molar-refractivity contribution in [2.75, 3.05) is 5.32 Å². The van der Waals surface area contributed by atoms with Crippen molar-refractivity contribution in [3.8, 4) is 0 Å². The third-order valence-electron chi connectivity index (χ3n) is 5.38. The Balaban J connectivity index is 1.88. The van der Waals surface area contributed by atoms with Crippen molar-refractivity contribution >= 4 is 33.9 Å². The van der Waals surface area contributed by atoms with Gasteiger partial charge >= 0.3 is 6.18 Å². The maximum atomic E-state index is 13.0. The van der Waals surface area contributed by atoms with E-state index in [1.54, 1.807) is 6.07 Å². The van der Waals surface area contributed by atoms with Crippen LogP contribution in [-0.2, 0) is 19.3 Å². The minimum atomic E-state index is -4.39. The Labute approximate surface area is 180 Å². The molecule has 1 aromatic heterocycles. The van der Waals surface area contributed by atoms with E-state index in [1.807, 2.05) is 17.0 Å². The lowest BCUT2D eigenvalue weighted by Crippen LogP contribution is -2.40. The molecule has 0 spiro atoms. The predicted molar refractivity (Wildman–Crippen MR) is 121 cm³/mol. The quantitative estimate of drug-likeness (QED) is 0.438. The fourth-order valence-corrected chi connectivity index (χ4v) is 3.87. The zero-order chi connectivity index (χ0) is 21.9. The summed E-state index contributed by atoms with van der Waals surface area (Å²) in [6, 6.07) is 13.5. The number of nitrogens with one attached hydrogen (secondary N) is 1. The molecular formula is C23H26F3N3S. The van der Waals surface area contributed by atoms with Crippen LogP contribution in [-0.4, -0.2) is 20.6 Å². The number of fused-ring (bicyclic) bond motifs is 1. The van der Waals surface area contributed by atoms with Gasteiger partial charge in [0.05, 0.1) is 5.56 Å². The van der Waals surface area contributed by atoms with Crippen molar-refractivity contribution < 1.29 is 13.2 Å². The van der Waals surface area contributed by atoms with Crippen LogP contribution < -0.4 is 5.32 Å². The van der Waals surface area contributed by atoms with Crippen LogP contribution in [0.1, 0.15) is 38.3 Å². The van der Waals surface area contributed by atoms with Gasteiger partial charge in [-0.2, -0.15) is 13.2 Å². The molecule has 1 atom stereocenters. The van der Waals surface area contributed by atoms with E-state index >= 15 is 0 Å². The molecule has 0 saturated carbocycles. The lowest BCUT2D eigenvalue weighted by atomic mass is 10.1. The standard InChI is InChI=1S/C23H26F3N3S/c1-4-16(3)29(15-17-14-28(5-2)21-12-7-6-11-20(17)21)22(30)27-19-10-8-9-18(13-19)23(24,25)26/h6-14,16H,4-5,15H2,1-3H3,(H,27,30)/t16-/m1/s1. The van der Waals surface area contributed by atoms with Crippen LogP contribution in [0.3, 0.4) is 0 Å². The van der Waals surface area contributed by atoms with Crippen LogP contribution in [0.2, 0.25) is 0 Å². The monoisotopic (exact) mass is 433 g/mol.